The first-order chi connectivity index (χ1) is 18.3. The highest BCUT2D eigenvalue weighted by molar-refractivity contribution is 5.93. The van der Waals surface area contributed by atoms with Crippen LogP contribution in [0.15, 0.2) is 36.7 Å². The van der Waals surface area contributed by atoms with Gasteiger partial charge < -0.3 is 29.6 Å². The zero-order chi connectivity index (χ0) is 26.3. The quantitative estimate of drug-likeness (QED) is 0.515. The number of rotatable bonds is 4. The summed E-state index contributed by atoms with van der Waals surface area (Å²) in [6.45, 7) is 9.85. The Labute approximate surface area is 223 Å². The van der Waals surface area contributed by atoms with E-state index < -0.39 is 5.60 Å². The maximum absolute atomic E-state index is 12.2. The average Bonchev–Trinajstić information content (AvgIpc) is 3.38. The fourth-order valence-corrected chi connectivity index (χ4v) is 6.10. The predicted molar refractivity (Wildman–Crippen MR) is 149 cm³/mol. The normalized spacial score (nSPS) is 23.6. The molecule has 9 nitrogen and oxygen atoms in total. The van der Waals surface area contributed by atoms with E-state index in [-0.39, 0.29) is 18.2 Å². The van der Waals surface area contributed by atoms with Crippen LogP contribution in [0.25, 0.3) is 22.3 Å². The Bertz CT molecular complexity index is 1290. The minimum atomic E-state index is -0.476. The second-order valence-corrected chi connectivity index (χ2v) is 11.8. The van der Waals surface area contributed by atoms with Gasteiger partial charge >= 0.3 is 6.09 Å². The van der Waals surface area contributed by atoms with Crippen LogP contribution in [-0.4, -0.2) is 71.6 Å². The number of alkyl carbamates (subject to hydrolysis) is 1. The molecule has 1 saturated carbocycles. The van der Waals surface area contributed by atoms with Gasteiger partial charge in [-0.05, 0) is 64.5 Å². The molecule has 1 unspecified atom stereocenters. The van der Waals surface area contributed by atoms with Crippen molar-refractivity contribution in [3.05, 3.63) is 36.7 Å². The van der Waals surface area contributed by atoms with Crippen LogP contribution < -0.4 is 15.1 Å². The zero-order valence-corrected chi connectivity index (χ0v) is 22.6. The van der Waals surface area contributed by atoms with Crippen LogP contribution in [0.1, 0.15) is 46.5 Å². The standard InChI is InChI=1S/C29H38N6O3/c1-29(2,3)38-28(36)32-20-9-7-19(8-10-20)16-34-17-21-18-37-14-13-35(21)27-25(34)15-31-26(33-27)23-5-4-6-24-22(23)11-12-30-24/h4-6,11-12,15,19-21,30H,7-10,13-14,16-18H2,1-3H3,(H,32,36). The minimum Gasteiger partial charge on any atom is -0.444 e. The number of aromatic amines is 1. The molecule has 1 aromatic carbocycles. The summed E-state index contributed by atoms with van der Waals surface area (Å²) in [5, 5.41) is 4.20. The number of carbonyl (C=O) groups excluding carboxylic acids is 1. The number of fused-ring (bicyclic) bond motifs is 4. The number of ether oxygens (including phenoxy) is 2. The predicted octanol–water partition coefficient (Wildman–Crippen LogP) is 4.73. The molecule has 1 amide bonds. The molecule has 38 heavy (non-hydrogen) atoms. The highest BCUT2D eigenvalue weighted by Crippen LogP contribution is 2.38. The van der Waals surface area contributed by atoms with Gasteiger partial charge in [0, 0.05) is 48.3 Å². The molecule has 2 aromatic heterocycles. The summed E-state index contributed by atoms with van der Waals surface area (Å²) < 4.78 is 11.3. The molecular weight excluding hydrogens is 480 g/mol. The van der Waals surface area contributed by atoms with E-state index in [0.29, 0.717) is 5.92 Å². The van der Waals surface area contributed by atoms with Gasteiger partial charge in [0.25, 0.3) is 0 Å². The Hall–Kier alpha value is -3.33. The lowest BCUT2D eigenvalue weighted by Crippen LogP contribution is -2.56. The van der Waals surface area contributed by atoms with Crippen LogP contribution in [-0.2, 0) is 9.47 Å². The van der Waals surface area contributed by atoms with Crippen molar-refractivity contribution in [1.29, 1.82) is 0 Å². The van der Waals surface area contributed by atoms with Crippen molar-refractivity contribution < 1.29 is 14.3 Å². The molecule has 0 bridgehead atoms. The lowest BCUT2D eigenvalue weighted by molar-refractivity contribution is 0.0487. The van der Waals surface area contributed by atoms with Gasteiger partial charge in [-0.25, -0.2) is 14.8 Å². The van der Waals surface area contributed by atoms with Gasteiger partial charge in [-0.15, -0.1) is 0 Å². The van der Waals surface area contributed by atoms with Gasteiger partial charge in [-0.1, -0.05) is 12.1 Å². The SMILES string of the molecule is CC(C)(C)OC(=O)NC1CCC(CN2CC3COCCN3c3nc(-c4cccc5[nH]ccc45)ncc32)CC1. The van der Waals surface area contributed by atoms with Crippen molar-refractivity contribution in [3.63, 3.8) is 0 Å². The van der Waals surface area contributed by atoms with Crippen LogP contribution in [0.2, 0.25) is 0 Å². The number of nitrogens with zero attached hydrogens (tertiary/aromatic N) is 4. The molecule has 2 fully saturated rings. The molecule has 0 spiro atoms. The molecule has 6 rings (SSSR count). The van der Waals surface area contributed by atoms with Gasteiger partial charge in [0.1, 0.15) is 5.60 Å². The Morgan fingerprint density at radius 3 is 2.87 bits per heavy atom. The summed E-state index contributed by atoms with van der Waals surface area (Å²) in [4.78, 5) is 30.4. The number of morpholine rings is 1. The minimum absolute atomic E-state index is 0.180. The number of hydrogen-bond acceptors (Lipinski definition) is 7. The Kier molecular flexibility index (Phi) is 6.63. The van der Waals surface area contributed by atoms with Crippen molar-refractivity contribution >= 4 is 28.5 Å². The van der Waals surface area contributed by atoms with E-state index in [9.17, 15) is 4.79 Å². The third-order valence-electron chi connectivity index (χ3n) is 7.90. The van der Waals surface area contributed by atoms with E-state index in [4.69, 9.17) is 19.4 Å². The Balaban J connectivity index is 1.19. The number of carbonyl (C=O) groups is 1. The zero-order valence-electron chi connectivity index (χ0n) is 22.6. The van der Waals surface area contributed by atoms with Crippen LogP contribution in [0, 0.1) is 5.92 Å². The number of anilines is 2. The highest BCUT2D eigenvalue weighted by atomic mass is 16.6. The van der Waals surface area contributed by atoms with E-state index in [0.717, 1.165) is 92.3 Å². The smallest absolute Gasteiger partial charge is 0.407 e. The average molecular weight is 519 g/mol. The molecule has 1 aliphatic carbocycles. The van der Waals surface area contributed by atoms with Gasteiger partial charge in [0.15, 0.2) is 11.6 Å². The van der Waals surface area contributed by atoms with Crippen LogP contribution in [0.5, 0.6) is 0 Å². The monoisotopic (exact) mass is 518 g/mol. The summed E-state index contributed by atoms with van der Waals surface area (Å²) in [6.07, 6.45) is 7.76. The first kappa shape index (κ1) is 25.0. The number of aromatic nitrogens is 3. The fraction of sp³-hybridized carbons (Fsp3) is 0.552. The summed E-state index contributed by atoms with van der Waals surface area (Å²) in [5.41, 5.74) is 2.77. The number of benzene rings is 1. The van der Waals surface area contributed by atoms with Gasteiger partial charge in [-0.2, -0.15) is 0 Å². The molecule has 2 N–H and O–H groups in total. The van der Waals surface area contributed by atoms with Crippen molar-refractivity contribution in [1.82, 2.24) is 20.3 Å². The van der Waals surface area contributed by atoms with Crippen LogP contribution in [0.3, 0.4) is 0 Å². The van der Waals surface area contributed by atoms with Crippen molar-refractivity contribution in [2.75, 3.05) is 42.6 Å². The number of hydrogen-bond donors (Lipinski definition) is 2. The molecule has 2 aliphatic heterocycles. The molecule has 9 heteroatoms. The third-order valence-corrected chi connectivity index (χ3v) is 7.90. The fourth-order valence-electron chi connectivity index (χ4n) is 6.10. The van der Waals surface area contributed by atoms with Crippen molar-refractivity contribution in [2.45, 2.75) is 64.1 Å². The maximum atomic E-state index is 12.2. The van der Waals surface area contributed by atoms with Crippen LogP contribution in [0.4, 0.5) is 16.3 Å². The summed E-state index contributed by atoms with van der Waals surface area (Å²) in [7, 11) is 0. The van der Waals surface area contributed by atoms with Crippen molar-refractivity contribution in [2.24, 2.45) is 5.92 Å². The van der Waals surface area contributed by atoms with Crippen molar-refractivity contribution in [3.8, 4) is 11.4 Å². The van der Waals surface area contributed by atoms with Gasteiger partial charge in [-0.3, -0.25) is 0 Å². The summed E-state index contributed by atoms with van der Waals surface area (Å²) in [5.74, 6) is 2.33. The first-order valence-electron chi connectivity index (χ1n) is 13.9. The van der Waals surface area contributed by atoms with E-state index in [1.165, 1.54) is 0 Å². The van der Waals surface area contributed by atoms with E-state index >= 15 is 0 Å². The lowest BCUT2D eigenvalue weighted by Gasteiger charge is -2.46. The molecule has 1 saturated heterocycles. The third kappa shape index (κ3) is 5.16. The number of nitrogens with one attached hydrogen (secondary N) is 2. The second kappa shape index (κ2) is 10.1. The molecule has 0 radical (unpaired) electrons. The molecular formula is C29H38N6O3. The second-order valence-electron chi connectivity index (χ2n) is 11.8. The number of H-pyrrole nitrogens is 1. The van der Waals surface area contributed by atoms with E-state index in [1.54, 1.807) is 0 Å². The molecule has 4 heterocycles. The highest BCUT2D eigenvalue weighted by Gasteiger charge is 2.36. The first-order valence-corrected chi connectivity index (χ1v) is 13.9. The Morgan fingerprint density at radius 2 is 2.05 bits per heavy atom. The number of amides is 1. The maximum Gasteiger partial charge on any atom is 0.407 e. The van der Waals surface area contributed by atoms with Crippen LogP contribution >= 0.6 is 0 Å². The van der Waals surface area contributed by atoms with E-state index in [1.807, 2.05) is 33.2 Å². The van der Waals surface area contributed by atoms with E-state index in [2.05, 4.69) is 44.4 Å². The van der Waals surface area contributed by atoms with Gasteiger partial charge in [0.05, 0.1) is 31.1 Å². The summed E-state index contributed by atoms with van der Waals surface area (Å²) in [6, 6.07) is 8.78. The molecule has 1 atom stereocenters. The lowest BCUT2D eigenvalue weighted by atomic mass is 9.85. The van der Waals surface area contributed by atoms with Gasteiger partial charge in [0.2, 0.25) is 0 Å². The Morgan fingerprint density at radius 1 is 1.21 bits per heavy atom. The molecule has 3 aliphatic rings. The largest absolute Gasteiger partial charge is 0.444 e. The topological polar surface area (TPSA) is 95.6 Å². The summed E-state index contributed by atoms with van der Waals surface area (Å²) >= 11 is 0. The molecule has 3 aromatic rings. The molecule has 202 valence electrons.